The Balaban J connectivity index is 2.55. The number of nitrogens with zero attached hydrogens (tertiary/aromatic N) is 2. The average molecular weight is 203 g/mol. The van der Waals surface area contributed by atoms with Gasteiger partial charge in [0.25, 0.3) is 0 Å². The fourth-order valence-corrected chi connectivity index (χ4v) is 1.76. The van der Waals surface area contributed by atoms with E-state index in [-0.39, 0.29) is 11.9 Å². The fraction of sp³-hybridized carbons (Fsp3) is 0.273. The molecule has 1 atom stereocenters. The van der Waals surface area contributed by atoms with Crippen molar-refractivity contribution in [3.63, 3.8) is 0 Å². The second-order valence-corrected chi connectivity index (χ2v) is 3.47. The van der Waals surface area contributed by atoms with Gasteiger partial charge >= 0.3 is 0 Å². The number of benzene rings is 1. The molecule has 1 unspecified atom stereocenters. The lowest BCUT2D eigenvalue weighted by Gasteiger charge is -2.13. The predicted molar refractivity (Wildman–Crippen MR) is 58.3 cm³/mol. The molecule has 4 nitrogen and oxygen atoms in total. The summed E-state index contributed by atoms with van der Waals surface area (Å²) in [6, 6.07) is 7.39. The number of rotatable bonds is 3. The van der Waals surface area contributed by atoms with Gasteiger partial charge in [0.2, 0.25) is 5.91 Å². The molecule has 0 bridgehead atoms. The summed E-state index contributed by atoms with van der Waals surface area (Å²) in [5.41, 5.74) is 7.18. The number of carbonyl (C=O) groups excluding carboxylic acids is 1. The third-order valence-corrected chi connectivity index (χ3v) is 2.53. The van der Waals surface area contributed by atoms with E-state index in [1.807, 2.05) is 35.8 Å². The van der Waals surface area contributed by atoms with Gasteiger partial charge in [0, 0.05) is 0 Å². The number of primary amides is 1. The smallest absolute Gasteiger partial charge is 0.240 e. The van der Waals surface area contributed by atoms with Gasteiger partial charge in [-0.3, -0.25) is 4.79 Å². The molecule has 0 saturated heterocycles. The third kappa shape index (κ3) is 1.58. The summed E-state index contributed by atoms with van der Waals surface area (Å²) in [5, 5.41) is 0. The summed E-state index contributed by atoms with van der Waals surface area (Å²) in [7, 11) is 0. The third-order valence-electron chi connectivity index (χ3n) is 2.53. The lowest BCUT2D eigenvalue weighted by Crippen LogP contribution is -2.25. The lowest BCUT2D eigenvalue weighted by atomic mass is 10.2. The van der Waals surface area contributed by atoms with Crippen LogP contribution in [0.3, 0.4) is 0 Å². The number of fused-ring (bicyclic) bond motifs is 1. The van der Waals surface area contributed by atoms with E-state index in [0.717, 1.165) is 11.0 Å². The minimum absolute atomic E-state index is 0.308. The standard InChI is InChI=1S/C11H13N3O/c1-2-9(11(12)15)14-7-13-8-5-3-4-6-10(8)14/h3-7,9H,2H2,1H3,(H2,12,15). The van der Waals surface area contributed by atoms with Crippen LogP contribution >= 0.6 is 0 Å². The van der Waals surface area contributed by atoms with Gasteiger partial charge in [-0.25, -0.2) is 4.98 Å². The molecule has 1 aromatic heterocycles. The van der Waals surface area contributed by atoms with Crippen LogP contribution in [0.2, 0.25) is 0 Å². The van der Waals surface area contributed by atoms with Crippen molar-refractivity contribution in [2.45, 2.75) is 19.4 Å². The Morgan fingerprint density at radius 3 is 2.93 bits per heavy atom. The molecule has 4 heteroatoms. The van der Waals surface area contributed by atoms with Crippen molar-refractivity contribution in [2.24, 2.45) is 5.73 Å². The molecule has 2 aromatic rings. The topological polar surface area (TPSA) is 60.9 Å². The molecule has 2 rings (SSSR count). The molecule has 1 amide bonds. The van der Waals surface area contributed by atoms with Crippen molar-refractivity contribution in [3.8, 4) is 0 Å². The Morgan fingerprint density at radius 2 is 2.27 bits per heavy atom. The second kappa shape index (κ2) is 3.73. The Hall–Kier alpha value is -1.84. The molecular formula is C11H13N3O. The zero-order valence-electron chi connectivity index (χ0n) is 8.55. The number of hydrogen-bond donors (Lipinski definition) is 1. The number of imidazole rings is 1. The van der Waals surface area contributed by atoms with Gasteiger partial charge < -0.3 is 10.3 Å². The number of hydrogen-bond acceptors (Lipinski definition) is 2. The first-order valence-electron chi connectivity index (χ1n) is 4.95. The lowest BCUT2D eigenvalue weighted by molar-refractivity contribution is -0.121. The van der Waals surface area contributed by atoms with E-state index in [0.29, 0.717) is 6.42 Å². The van der Waals surface area contributed by atoms with Gasteiger partial charge in [0.15, 0.2) is 0 Å². The molecule has 1 heterocycles. The summed E-state index contributed by atoms with van der Waals surface area (Å²) in [6.07, 6.45) is 2.35. The van der Waals surface area contributed by atoms with Gasteiger partial charge in [0.1, 0.15) is 6.04 Å². The van der Waals surface area contributed by atoms with Gasteiger partial charge in [-0.1, -0.05) is 19.1 Å². The molecule has 0 radical (unpaired) electrons. The number of carbonyl (C=O) groups is 1. The van der Waals surface area contributed by atoms with Gasteiger partial charge in [-0.15, -0.1) is 0 Å². The molecular weight excluding hydrogens is 190 g/mol. The summed E-state index contributed by atoms with van der Waals surface area (Å²) in [4.78, 5) is 15.5. The Labute approximate surface area is 87.7 Å². The zero-order chi connectivity index (χ0) is 10.8. The molecule has 2 N–H and O–H groups in total. The van der Waals surface area contributed by atoms with E-state index < -0.39 is 0 Å². The van der Waals surface area contributed by atoms with E-state index >= 15 is 0 Å². The van der Waals surface area contributed by atoms with Crippen LogP contribution in [0.15, 0.2) is 30.6 Å². The molecule has 0 aliphatic heterocycles. The van der Waals surface area contributed by atoms with Crippen molar-refractivity contribution in [1.82, 2.24) is 9.55 Å². The molecule has 0 spiro atoms. The maximum atomic E-state index is 11.2. The summed E-state index contributed by atoms with van der Waals surface area (Å²) in [6.45, 7) is 1.93. The molecule has 0 saturated carbocycles. The first-order chi connectivity index (χ1) is 7.24. The van der Waals surface area contributed by atoms with Crippen molar-refractivity contribution >= 4 is 16.9 Å². The molecule has 0 aliphatic carbocycles. The quantitative estimate of drug-likeness (QED) is 0.821. The largest absolute Gasteiger partial charge is 0.368 e. The Bertz CT molecular complexity index is 489. The highest BCUT2D eigenvalue weighted by Gasteiger charge is 2.16. The van der Waals surface area contributed by atoms with Gasteiger partial charge in [0.05, 0.1) is 17.4 Å². The van der Waals surface area contributed by atoms with E-state index in [4.69, 9.17) is 5.73 Å². The fourth-order valence-electron chi connectivity index (χ4n) is 1.76. The van der Waals surface area contributed by atoms with Crippen LogP contribution in [0.1, 0.15) is 19.4 Å². The first-order valence-corrected chi connectivity index (χ1v) is 4.95. The highest BCUT2D eigenvalue weighted by atomic mass is 16.1. The van der Waals surface area contributed by atoms with Crippen molar-refractivity contribution in [3.05, 3.63) is 30.6 Å². The van der Waals surface area contributed by atoms with Crippen LogP contribution in [0, 0.1) is 0 Å². The van der Waals surface area contributed by atoms with E-state index in [9.17, 15) is 4.79 Å². The molecule has 1 aromatic carbocycles. The maximum Gasteiger partial charge on any atom is 0.240 e. The summed E-state index contributed by atoms with van der Waals surface area (Å²) < 4.78 is 1.83. The predicted octanol–water partition coefficient (Wildman–Crippen LogP) is 1.47. The SMILES string of the molecule is CCC(C(N)=O)n1cnc2ccccc21. The Morgan fingerprint density at radius 1 is 1.53 bits per heavy atom. The monoisotopic (exact) mass is 203 g/mol. The van der Waals surface area contributed by atoms with E-state index in [1.54, 1.807) is 6.33 Å². The summed E-state index contributed by atoms with van der Waals surface area (Å²) >= 11 is 0. The van der Waals surface area contributed by atoms with E-state index in [1.165, 1.54) is 0 Å². The normalized spacial score (nSPS) is 12.9. The van der Waals surface area contributed by atoms with Crippen molar-refractivity contribution < 1.29 is 4.79 Å². The van der Waals surface area contributed by atoms with Crippen LogP contribution < -0.4 is 5.73 Å². The maximum absolute atomic E-state index is 11.2. The van der Waals surface area contributed by atoms with Gasteiger partial charge in [-0.2, -0.15) is 0 Å². The second-order valence-electron chi connectivity index (χ2n) is 3.47. The van der Waals surface area contributed by atoms with Crippen LogP contribution in [0.25, 0.3) is 11.0 Å². The minimum atomic E-state index is -0.319. The molecule has 0 aliphatic rings. The van der Waals surface area contributed by atoms with Crippen LogP contribution in [0.4, 0.5) is 0 Å². The van der Waals surface area contributed by atoms with Crippen LogP contribution in [-0.4, -0.2) is 15.5 Å². The van der Waals surface area contributed by atoms with E-state index in [2.05, 4.69) is 4.98 Å². The molecule has 78 valence electrons. The number of nitrogens with two attached hydrogens (primary N) is 1. The minimum Gasteiger partial charge on any atom is -0.368 e. The number of para-hydroxylation sites is 2. The number of amides is 1. The molecule has 15 heavy (non-hydrogen) atoms. The van der Waals surface area contributed by atoms with Crippen molar-refractivity contribution in [2.75, 3.05) is 0 Å². The first kappa shape index (κ1) is 9.71. The molecule has 0 fully saturated rings. The van der Waals surface area contributed by atoms with Crippen LogP contribution in [-0.2, 0) is 4.79 Å². The highest BCUT2D eigenvalue weighted by Crippen LogP contribution is 2.19. The average Bonchev–Trinajstić information content (AvgIpc) is 2.63. The highest BCUT2D eigenvalue weighted by molar-refractivity contribution is 5.82. The van der Waals surface area contributed by atoms with Crippen molar-refractivity contribution in [1.29, 1.82) is 0 Å². The zero-order valence-corrected chi connectivity index (χ0v) is 8.55. The van der Waals surface area contributed by atoms with Gasteiger partial charge in [-0.05, 0) is 18.6 Å². The number of aromatic nitrogens is 2. The Kier molecular flexibility index (Phi) is 2.41. The summed E-state index contributed by atoms with van der Waals surface area (Å²) in [5.74, 6) is -0.319. The van der Waals surface area contributed by atoms with Crippen LogP contribution in [0.5, 0.6) is 0 Å².